The average molecular weight is 861 g/mol. The molecule has 10 aromatic carbocycles. The lowest BCUT2D eigenvalue weighted by Crippen LogP contribution is -2.15. The fraction of sp³-hybridized carbons (Fsp3) is 0.125. The van der Waals surface area contributed by atoms with Crippen LogP contribution in [0, 0.1) is 13.8 Å². The molecule has 0 atom stereocenters. The molecule has 3 heteroatoms. The van der Waals surface area contributed by atoms with E-state index in [-0.39, 0.29) is 10.8 Å². The van der Waals surface area contributed by atoms with E-state index >= 15 is 0 Å². The van der Waals surface area contributed by atoms with Gasteiger partial charge in [0.15, 0.2) is 0 Å². The molecular weight excluding hydrogens is 817 g/mol. The Balaban J connectivity index is 0.958. The average Bonchev–Trinajstić information content (AvgIpc) is 4.13. The highest BCUT2D eigenvalue weighted by Crippen LogP contribution is 2.60. The van der Waals surface area contributed by atoms with Gasteiger partial charge in [0.2, 0.25) is 0 Å². The van der Waals surface area contributed by atoms with E-state index in [1.165, 1.54) is 110 Å². The van der Waals surface area contributed by atoms with Gasteiger partial charge in [0.1, 0.15) is 33.5 Å². The van der Waals surface area contributed by atoms with Crippen molar-refractivity contribution in [1.29, 1.82) is 0 Å². The first-order valence-corrected chi connectivity index (χ1v) is 23.6. The van der Waals surface area contributed by atoms with Gasteiger partial charge < -0.3 is 13.3 Å². The molecule has 3 aromatic heterocycles. The number of fused-ring (bicyclic) bond motifs is 19. The van der Waals surface area contributed by atoms with E-state index in [1.807, 2.05) is 0 Å². The third-order valence-electron chi connectivity index (χ3n) is 16.2. The van der Waals surface area contributed by atoms with Gasteiger partial charge in [0, 0.05) is 54.3 Å². The van der Waals surface area contributed by atoms with E-state index in [9.17, 15) is 0 Å². The monoisotopic (exact) mass is 860 g/mol. The largest absolute Gasteiger partial charge is 0.456 e. The molecule has 0 radical (unpaired) electrons. The molecule has 0 amide bonds. The highest BCUT2D eigenvalue weighted by atomic mass is 16.3. The van der Waals surface area contributed by atoms with Crippen LogP contribution in [0.1, 0.15) is 61.1 Å². The van der Waals surface area contributed by atoms with Crippen LogP contribution in [0.4, 0.5) is 0 Å². The van der Waals surface area contributed by atoms with Gasteiger partial charge in [-0.3, -0.25) is 0 Å². The number of hydrogen-bond acceptors (Lipinski definition) is 3. The van der Waals surface area contributed by atoms with E-state index in [0.717, 1.165) is 55.0 Å². The maximum atomic E-state index is 7.28. The molecule has 3 heterocycles. The highest BCUT2D eigenvalue weighted by molar-refractivity contribution is 6.21. The van der Waals surface area contributed by atoms with Crippen LogP contribution < -0.4 is 0 Å². The summed E-state index contributed by atoms with van der Waals surface area (Å²) in [4.78, 5) is 0. The zero-order valence-electron chi connectivity index (χ0n) is 38.2. The third kappa shape index (κ3) is 4.57. The van der Waals surface area contributed by atoms with E-state index in [2.05, 4.69) is 199 Å². The van der Waals surface area contributed by atoms with Crippen LogP contribution in [0.25, 0.3) is 132 Å². The van der Waals surface area contributed by atoms with E-state index in [4.69, 9.17) is 13.3 Å². The minimum atomic E-state index is -0.280. The summed E-state index contributed by atoms with van der Waals surface area (Å²) in [5.74, 6) is 0. The molecule has 2 aliphatic rings. The molecular formula is C64H44O3. The predicted octanol–water partition coefficient (Wildman–Crippen LogP) is 18.3. The molecule has 0 fully saturated rings. The molecule has 318 valence electrons. The fourth-order valence-electron chi connectivity index (χ4n) is 13.0. The Kier molecular flexibility index (Phi) is 6.97. The van der Waals surface area contributed by atoms with Gasteiger partial charge in [-0.2, -0.15) is 0 Å². The lowest BCUT2D eigenvalue weighted by atomic mass is 9.79. The maximum absolute atomic E-state index is 7.28. The van der Waals surface area contributed by atoms with Gasteiger partial charge in [0.05, 0.1) is 0 Å². The SMILES string of the molecule is Cc1c2c(cc3c1oc1c(C)c4c(cc13)C(C)(C)c1cc(-c3cccc5oc6ccccc6c35)c3ccccc3c1-4)C(C)(C)c1cc(-c3cccc4oc5ccccc5c34)c3ccccc3c1-2. The minimum Gasteiger partial charge on any atom is -0.456 e. The van der Waals surface area contributed by atoms with Crippen molar-refractivity contribution in [3.63, 3.8) is 0 Å². The summed E-state index contributed by atoms with van der Waals surface area (Å²) in [6.45, 7) is 14.2. The number of benzene rings is 10. The molecule has 0 N–H and O–H groups in total. The summed E-state index contributed by atoms with van der Waals surface area (Å²) in [6, 6.07) is 57.7. The van der Waals surface area contributed by atoms with Crippen LogP contribution in [0.3, 0.4) is 0 Å². The number of para-hydroxylation sites is 2. The van der Waals surface area contributed by atoms with Gasteiger partial charge in [-0.15, -0.1) is 0 Å². The molecule has 15 rings (SSSR count). The second-order valence-electron chi connectivity index (χ2n) is 20.3. The number of rotatable bonds is 2. The Morgan fingerprint density at radius 2 is 0.657 bits per heavy atom. The summed E-state index contributed by atoms with van der Waals surface area (Å²) in [7, 11) is 0. The van der Waals surface area contributed by atoms with Gasteiger partial charge in [-0.05, 0) is 151 Å². The van der Waals surface area contributed by atoms with Gasteiger partial charge in [-0.1, -0.05) is 137 Å². The van der Waals surface area contributed by atoms with E-state index in [0.29, 0.717) is 0 Å². The van der Waals surface area contributed by atoms with Crippen molar-refractivity contribution >= 4 is 87.4 Å². The molecule has 0 bridgehead atoms. The van der Waals surface area contributed by atoms with Crippen molar-refractivity contribution in [3.05, 3.63) is 191 Å². The molecule has 0 saturated heterocycles. The van der Waals surface area contributed by atoms with Crippen molar-refractivity contribution in [2.24, 2.45) is 0 Å². The topological polar surface area (TPSA) is 39.4 Å². The molecule has 67 heavy (non-hydrogen) atoms. The standard InChI is InChI=1S/C64H44O3/c1-33-55-47(63(3,4)49-29-43(35-17-7-9-19-37(35)59(49)55)39-23-15-27-53-57(39)41-21-11-13-25-51(41)65-53)31-45-46-32-48-56(34(2)62(46)67-61(33)45)60-38-20-10-8-18-36(38)44(30-50(60)64(48,5)6)40-24-16-28-54-58(40)42-22-12-14-26-52(42)66-54/h7-32H,1-6H3. The Morgan fingerprint density at radius 3 is 1.09 bits per heavy atom. The third-order valence-corrected chi connectivity index (χ3v) is 16.2. The number of hydrogen-bond donors (Lipinski definition) is 0. The lowest BCUT2D eigenvalue weighted by Gasteiger charge is -2.24. The zero-order chi connectivity index (χ0) is 44.8. The van der Waals surface area contributed by atoms with Gasteiger partial charge in [0.25, 0.3) is 0 Å². The predicted molar refractivity (Wildman–Crippen MR) is 279 cm³/mol. The lowest BCUT2D eigenvalue weighted by molar-refractivity contribution is 0.652. The molecule has 2 aliphatic carbocycles. The van der Waals surface area contributed by atoms with Crippen LogP contribution in [-0.4, -0.2) is 0 Å². The van der Waals surface area contributed by atoms with Crippen LogP contribution in [0.2, 0.25) is 0 Å². The first-order chi connectivity index (χ1) is 32.6. The normalized spacial score (nSPS) is 14.7. The van der Waals surface area contributed by atoms with E-state index in [1.54, 1.807) is 0 Å². The summed E-state index contributed by atoms with van der Waals surface area (Å²) in [6.07, 6.45) is 0. The molecule has 0 spiro atoms. The van der Waals surface area contributed by atoms with Crippen molar-refractivity contribution in [3.8, 4) is 44.5 Å². The Morgan fingerprint density at radius 1 is 0.299 bits per heavy atom. The van der Waals surface area contributed by atoms with Crippen LogP contribution in [-0.2, 0) is 10.8 Å². The highest BCUT2D eigenvalue weighted by Gasteiger charge is 2.42. The van der Waals surface area contributed by atoms with Gasteiger partial charge in [-0.25, -0.2) is 0 Å². The quantitative estimate of drug-likeness (QED) is 0.174. The van der Waals surface area contributed by atoms with Crippen LogP contribution >= 0.6 is 0 Å². The first kappa shape index (κ1) is 37.4. The molecule has 13 aromatic rings. The van der Waals surface area contributed by atoms with Crippen LogP contribution in [0.15, 0.2) is 171 Å². The zero-order valence-corrected chi connectivity index (χ0v) is 38.2. The number of aryl methyl sites for hydroxylation is 2. The van der Waals surface area contributed by atoms with E-state index < -0.39 is 0 Å². The molecule has 0 saturated carbocycles. The Hall–Kier alpha value is -7.88. The Bertz CT molecular complexity index is 4130. The minimum absolute atomic E-state index is 0.280. The number of furan rings is 3. The summed E-state index contributed by atoms with van der Waals surface area (Å²) in [5, 5.41) is 12.0. The Labute approximate surface area is 386 Å². The molecule has 0 unspecified atom stereocenters. The second-order valence-corrected chi connectivity index (χ2v) is 20.3. The van der Waals surface area contributed by atoms with Crippen molar-refractivity contribution in [2.75, 3.05) is 0 Å². The molecule has 3 nitrogen and oxygen atoms in total. The smallest absolute Gasteiger partial charge is 0.138 e. The second kappa shape index (κ2) is 12.5. The van der Waals surface area contributed by atoms with Gasteiger partial charge >= 0.3 is 0 Å². The summed E-state index contributed by atoms with van der Waals surface area (Å²) < 4.78 is 20.1. The van der Waals surface area contributed by atoms with Crippen molar-refractivity contribution in [2.45, 2.75) is 52.4 Å². The van der Waals surface area contributed by atoms with Crippen LogP contribution in [0.5, 0.6) is 0 Å². The van der Waals surface area contributed by atoms with Crippen molar-refractivity contribution in [1.82, 2.24) is 0 Å². The first-order valence-electron chi connectivity index (χ1n) is 23.6. The summed E-state index contributed by atoms with van der Waals surface area (Å²) >= 11 is 0. The van der Waals surface area contributed by atoms with Crippen molar-refractivity contribution < 1.29 is 13.3 Å². The summed E-state index contributed by atoms with van der Waals surface area (Å²) in [5.41, 5.74) is 22.9. The molecule has 0 aliphatic heterocycles. The maximum Gasteiger partial charge on any atom is 0.138 e. The fourth-order valence-corrected chi connectivity index (χ4v) is 13.0.